The van der Waals surface area contributed by atoms with Crippen LogP contribution in [0, 0.1) is 0 Å². The summed E-state index contributed by atoms with van der Waals surface area (Å²) in [7, 11) is 0.209. The Morgan fingerprint density at radius 1 is 1.22 bits per heavy atom. The summed E-state index contributed by atoms with van der Waals surface area (Å²) in [6, 6.07) is 5.08. The van der Waals surface area contributed by atoms with E-state index in [0.29, 0.717) is 29.6 Å². The maximum atomic E-state index is 12.3. The number of carbonyl (C=O) groups is 2. The number of benzene rings is 1. The normalized spacial score (nSPS) is 14.1. The number of aliphatic carboxylic acids is 1. The molecular weight excluding hydrogens is 322 g/mol. The molecule has 7 nitrogen and oxygen atoms in total. The van der Waals surface area contributed by atoms with E-state index < -0.39 is 16.8 Å². The molecule has 1 aromatic rings. The van der Waals surface area contributed by atoms with Gasteiger partial charge in [0.2, 0.25) is 5.91 Å². The van der Waals surface area contributed by atoms with E-state index in [0.717, 1.165) is 0 Å². The molecule has 1 aliphatic rings. The van der Waals surface area contributed by atoms with E-state index in [2.05, 4.69) is 0 Å². The fourth-order valence-electron chi connectivity index (χ4n) is 2.04. The monoisotopic (exact) mass is 341 g/mol. The van der Waals surface area contributed by atoms with Crippen LogP contribution in [0.1, 0.15) is 12.8 Å². The second kappa shape index (κ2) is 7.96. The molecule has 1 atom stereocenters. The molecule has 1 aliphatic heterocycles. The highest BCUT2D eigenvalue weighted by molar-refractivity contribution is 7.85. The van der Waals surface area contributed by atoms with Crippen LogP contribution in [0.5, 0.6) is 11.5 Å². The zero-order chi connectivity index (χ0) is 16.8. The van der Waals surface area contributed by atoms with Crippen molar-refractivity contribution in [3.63, 3.8) is 0 Å². The number of rotatable bonds is 7. The van der Waals surface area contributed by atoms with Crippen molar-refractivity contribution in [1.82, 2.24) is 4.90 Å². The Hall–Kier alpha value is -2.09. The van der Waals surface area contributed by atoms with Crippen LogP contribution in [-0.2, 0) is 20.4 Å². The predicted octanol–water partition coefficient (Wildman–Crippen LogP) is 0.889. The summed E-state index contributed by atoms with van der Waals surface area (Å²) < 4.78 is 23.1. The first-order valence-corrected chi connectivity index (χ1v) is 8.53. The van der Waals surface area contributed by atoms with E-state index in [1.165, 1.54) is 11.9 Å². The molecule has 8 heteroatoms. The zero-order valence-corrected chi connectivity index (χ0v) is 13.6. The standard InChI is InChI=1S/C15H19NO6S/c1-16(6-4-15(18)19)14(17)5-9-23(20)11-2-3-12-13(10-11)22-8-7-21-12/h2-3,10H,4-9H2,1H3,(H,18,19). The Labute approximate surface area is 136 Å². The van der Waals surface area contributed by atoms with Gasteiger partial charge >= 0.3 is 5.97 Å². The molecule has 1 unspecified atom stereocenters. The van der Waals surface area contributed by atoms with E-state index in [-0.39, 0.29) is 31.0 Å². The van der Waals surface area contributed by atoms with Crippen molar-refractivity contribution in [3.8, 4) is 11.5 Å². The van der Waals surface area contributed by atoms with Gasteiger partial charge in [-0.3, -0.25) is 13.8 Å². The van der Waals surface area contributed by atoms with Crippen molar-refractivity contribution in [1.29, 1.82) is 0 Å². The predicted molar refractivity (Wildman–Crippen MR) is 83.2 cm³/mol. The first kappa shape index (κ1) is 17.3. The van der Waals surface area contributed by atoms with Crippen molar-refractivity contribution in [2.24, 2.45) is 0 Å². The van der Waals surface area contributed by atoms with Crippen LogP contribution in [0.15, 0.2) is 23.1 Å². The maximum absolute atomic E-state index is 12.3. The largest absolute Gasteiger partial charge is 0.486 e. The van der Waals surface area contributed by atoms with E-state index in [1.807, 2.05) is 0 Å². The summed E-state index contributed by atoms with van der Waals surface area (Å²) in [6.45, 7) is 1.09. The van der Waals surface area contributed by atoms with Crippen molar-refractivity contribution < 1.29 is 28.4 Å². The van der Waals surface area contributed by atoms with Gasteiger partial charge in [0.1, 0.15) is 13.2 Å². The minimum atomic E-state index is -1.33. The Balaban J connectivity index is 1.87. The molecule has 1 amide bonds. The first-order chi connectivity index (χ1) is 11.0. The van der Waals surface area contributed by atoms with Crippen LogP contribution in [0.4, 0.5) is 0 Å². The number of hydrogen-bond acceptors (Lipinski definition) is 5. The van der Waals surface area contributed by atoms with Gasteiger partial charge in [-0.25, -0.2) is 0 Å². The van der Waals surface area contributed by atoms with Crippen molar-refractivity contribution >= 4 is 22.7 Å². The number of carboxylic acids is 1. The zero-order valence-electron chi connectivity index (χ0n) is 12.8. The lowest BCUT2D eigenvalue weighted by Gasteiger charge is -2.19. The molecule has 1 N–H and O–H groups in total. The van der Waals surface area contributed by atoms with E-state index in [1.54, 1.807) is 18.2 Å². The molecule has 2 rings (SSSR count). The molecule has 0 aromatic heterocycles. The third-order valence-corrected chi connectivity index (χ3v) is 4.72. The quantitative estimate of drug-likeness (QED) is 0.792. The van der Waals surface area contributed by atoms with Crippen molar-refractivity contribution in [3.05, 3.63) is 18.2 Å². The van der Waals surface area contributed by atoms with Crippen LogP contribution in [0.3, 0.4) is 0 Å². The minimum absolute atomic E-state index is 0.0944. The average molecular weight is 341 g/mol. The third-order valence-electron chi connectivity index (χ3n) is 3.36. The van der Waals surface area contributed by atoms with Gasteiger partial charge in [0, 0.05) is 36.7 Å². The van der Waals surface area contributed by atoms with Gasteiger partial charge in [0.05, 0.1) is 17.2 Å². The lowest BCUT2D eigenvalue weighted by Crippen LogP contribution is -2.29. The Morgan fingerprint density at radius 2 is 1.91 bits per heavy atom. The number of fused-ring (bicyclic) bond motifs is 1. The van der Waals surface area contributed by atoms with Crippen LogP contribution in [-0.4, -0.2) is 58.7 Å². The molecule has 23 heavy (non-hydrogen) atoms. The van der Waals surface area contributed by atoms with E-state index in [4.69, 9.17) is 14.6 Å². The fraction of sp³-hybridized carbons (Fsp3) is 0.467. The van der Waals surface area contributed by atoms with Crippen LogP contribution >= 0.6 is 0 Å². The summed E-state index contributed by atoms with van der Waals surface area (Å²) in [5.74, 6) is 0.186. The lowest BCUT2D eigenvalue weighted by atomic mass is 10.3. The number of hydrogen-bond donors (Lipinski definition) is 1. The fourth-order valence-corrected chi connectivity index (χ4v) is 3.10. The van der Waals surface area contributed by atoms with Crippen LogP contribution in [0.25, 0.3) is 0 Å². The topological polar surface area (TPSA) is 93.1 Å². The molecule has 126 valence electrons. The van der Waals surface area contributed by atoms with Crippen molar-refractivity contribution in [2.45, 2.75) is 17.7 Å². The lowest BCUT2D eigenvalue weighted by molar-refractivity contribution is -0.138. The minimum Gasteiger partial charge on any atom is -0.486 e. The molecule has 0 bridgehead atoms. The third kappa shape index (κ3) is 4.95. The van der Waals surface area contributed by atoms with Gasteiger partial charge in [-0.15, -0.1) is 0 Å². The van der Waals surface area contributed by atoms with Gasteiger partial charge in [-0.2, -0.15) is 0 Å². The second-order valence-electron chi connectivity index (χ2n) is 5.06. The van der Waals surface area contributed by atoms with Crippen LogP contribution in [0.2, 0.25) is 0 Å². The van der Waals surface area contributed by atoms with Crippen molar-refractivity contribution in [2.75, 3.05) is 32.6 Å². The SMILES string of the molecule is CN(CCC(=O)O)C(=O)CCS(=O)c1ccc2c(c1)OCCO2. The second-order valence-corrected chi connectivity index (χ2v) is 6.63. The number of amides is 1. The number of carbonyl (C=O) groups excluding carboxylic acids is 1. The van der Waals surface area contributed by atoms with Gasteiger partial charge in [0.25, 0.3) is 0 Å². The van der Waals surface area contributed by atoms with Crippen LogP contribution < -0.4 is 9.47 Å². The smallest absolute Gasteiger partial charge is 0.305 e. The molecule has 1 heterocycles. The summed E-state index contributed by atoms with van der Waals surface area (Å²) in [5, 5.41) is 8.60. The maximum Gasteiger partial charge on any atom is 0.305 e. The molecule has 0 spiro atoms. The molecule has 0 radical (unpaired) electrons. The molecule has 0 fully saturated rings. The Morgan fingerprint density at radius 3 is 2.61 bits per heavy atom. The van der Waals surface area contributed by atoms with E-state index in [9.17, 15) is 13.8 Å². The highest BCUT2D eigenvalue weighted by Gasteiger charge is 2.16. The molecule has 0 aliphatic carbocycles. The molecular formula is C15H19NO6S. The number of carboxylic acid groups (broad SMARTS) is 1. The Kier molecular flexibility index (Phi) is 5.97. The van der Waals surface area contributed by atoms with Gasteiger partial charge in [-0.05, 0) is 12.1 Å². The average Bonchev–Trinajstić information content (AvgIpc) is 2.56. The van der Waals surface area contributed by atoms with E-state index >= 15 is 0 Å². The highest BCUT2D eigenvalue weighted by Crippen LogP contribution is 2.31. The summed E-state index contributed by atoms with van der Waals surface area (Å²) in [4.78, 5) is 24.3. The molecule has 1 aromatic carbocycles. The van der Waals surface area contributed by atoms with Gasteiger partial charge in [-0.1, -0.05) is 0 Å². The molecule has 0 saturated carbocycles. The first-order valence-electron chi connectivity index (χ1n) is 7.21. The summed E-state index contributed by atoms with van der Waals surface area (Å²) in [5.41, 5.74) is 0. The number of ether oxygens (including phenoxy) is 2. The molecule has 0 saturated heterocycles. The highest BCUT2D eigenvalue weighted by atomic mass is 32.2. The van der Waals surface area contributed by atoms with Gasteiger partial charge < -0.3 is 19.5 Å². The summed E-state index contributed by atoms with van der Waals surface area (Å²) >= 11 is 0. The van der Waals surface area contributed by atoms with Gasteiger partial charge in [0.15, 0.2) is 11.5 Å². The number of nitrogens with zero attached hydrogens (tertiary/aromatic N) is 1. The summed E-state index contributed by atoms with van der Waals surface area (Å²) in [6.07, 6.45) is -0.00926. The Bertz CT molecular complexity index is 618.